The summed E-state index contributed by atoms with van der Waals surface area (Å²) in [6, 6.07) is 1.17. The normalized spacial score (nSPS) is 34.9. The van der Waals surface area contributed by atoms with Gasteiger partial charge in [0, 0.05) is 58.3 Å². The van der Waals surface area contributed by atoms with Crippen molar-refractivity contribution >= 4 is 11.9 Å². The minimum atomic E-state index is 0.0559. The van der Waals surface area contributed by atoms with Gasteiger partial charge in [-0.2, -0.15) is 0 Å². The van der Waals surface area contributed by atoms with Gasteiger partial charge in [-0.05, 0) is 43.9 Å². The largest absolute Gasteiger partial charge is 0.341 e. The molecule has 24 heavy (non-hydrogen) atoms. The van der Waals surface area contributed by atoms with E-state index in [9.17, 15) is 9.59 Å². The second-order valence-electron chi connectivity index (χ2n) is 8.09. The van der Waals surface area contributed by atoms with Crippen LogP contribution >= 0.6 is 0 Å². The predicted octanol–water partition coefficient (Wildman–Crippen LogP) is 1.12. The molecule has 4 fully saturated rings. The Morgan fingerprint density at radius 3 is 2.67 bits per heavy atom. The topological polar surface area (TPSA) is 55.9 Å². The summed E-state index contributed by atoms with van der Waals surface area (Å²) in [6.45, 7) is 5.00. The van der Waals surface area contributed by atoms with E-state index < -0.39 is 0 Å². The Labute approximate surface area is 144 Å². The monoisotopic (exact) mass is 334 g/mol. The molecule has 134 valence electrons. The van der Waals surface area contributed by atoms with E-state index in [0.29, 0.717) is 29.8 Å². The molecule has 0 aromatic heterocycles. The highest BCUT2D eigenvalue weighted by Crippen LogP contribution is 2.39. The Bertz CT molecular complexity index is 503. The summed E-state index contributed by atoms with van der Waals surface area (Å²) in [5.74, 6) is 1.71. The van der Waals surface area contributed by atoms with Crippen molar-refractivity contribution in [3.63, 3.8) is 0 Å². The molecular formula is C18H30N4O2. The third kappa shape index (κ3) is 2.89. The fourth-order valence-electron chi connectivity index (χ4n) is 5.54. The lowest BCUT2D eigenvalue weighted by molar-refractivity contribution is -0.145. The molecule has 0 spiro atoms. The van der Waals surface area contributed by atoms with Crippen molar-refractivity contribution in [2.75, 3.05) is 39.8 Å². The van der Waals surface area contributed by atoms with Crippen LogP contribution in [0, 0.1) is 11.8 Å². The Morgan fingerprint density at radius 1 is 1.12 bits per heavy atom. The number of amides is 3. The van der Waals surface area contributed by atoms with Gasteiger partial charge >= 0.3 is 6.03 Å². The molecule has 4 rings (SSSR count). The van der Waals surface area contributed by atoms with Gasteiger partial charge in [-0.3, -0.25) is 9.69 Å². The van der Waals surface area contributed by atoms with Crippen molar-refractivity contribution in [1.82, 2.24) is 20.0 Å². The quantitative estimate of drug-likeness (QED) is 0.782. The SMILES string of the molecule is CNC(=O)N1CCC(N2CC3CC(C2)[C@H]2CCCC(=O)N2C3)CC1. The average molecular weight is 334 g/mol. The molecule has 0 radical (unpaired) electrons. The molecular weight excluding hydrogens is 304 g/mol. The average Bonchev–Trinajstić information content (AvgIpc) is 2.62. The lowest BCUT2D eigenvalue weighted by Crippen LogP contribution is -2.62. The lowest BCUT2D eigenvalue weighted by atomic mass is 9.75. The number of fused-ring (bicyclic) bond motifs is 4. The summed E-state index contributed by atoms with van der Waals surface area (Å²) in [5.41, 5.74) is 0. The first-order chi connectivity index (χ1) is 11.7. The Balaban J connectivity index is 1.38. The molecule has 0 saturated carbocycles. The van der Waals surface area contributed by atoms with Gasteiger partial charge in [-0.1, -0.05) is 0 Å². The molecule has 6 heteroatoms. The van der Waals surface area contributed by atoms with E-state index >= 15 is 0 Å². The van der Waals surface area contributed by atoms with Crippen LogP contribution in [0.4, 0.5) is 4.79 Å². The van der Waals surface area contributed by atoms with Gasteiger partial charge in [0.05, 0.1) is 0 Å². The van der Waals surface area contributed by atoms with Crippen LogP contribution in [0.3, 0.4) is 0 Å². The molecule has 2 bridgehead atoms. The first-order valence-corrected chi connectivity index (χ1v) is 9.66. The van der Waals surface area contributed by atoms with Gasteiger partial charge in [0.25, 0.3) is 0 Å². The van der Waals surface area contributed by atoms with Crippen LogP contribution in [0.15, 0.2) is 0 Å². The van der Waals surface area contributed by atoms with Gasteiger partial charge in [0.1, 0.15) is 0 Å². The van der Waals surface area contributed by atoms with Gasteiger partial charge < -0.3 is 15.1 Å². The lowest BCUT2D eigenvalue weighted by Gasteiger charge is -2.54. The molecule has 1 N–H and O–H groups in total. The standard InChI is InChI=1S/C18H30N4O2/c1-19-18(24)20-7-5-15(6-8-20)21-10-13-9-14(12-21)16-3-2-4-17(23)22(16)11-13/h13-16H,2-12H2,1H3,(H,19,24)/t13?,14?,16-/m1/s1. The number of hydrogen-bond acceptors (Lipinski definition) is 3. The molecule has 0 aromatic rings. The maximum atomic E-state index is 12.2. The minimum absolute atomic E-state index is 0.0559. The van der Waals surface area contributed by atoms with Crippen molar-refractivity contribution in [2.24, 2.45) is 11.8 Å². The number of carbonyl (C=O) groups is 2. The van der Waals surface area contributed by atoms with Crippen LogP contribution in [0.1, 0.15) is 38.5 Å². The maximum absolute atomic E-state index is 12.2. The van der Waals surface area contributed by atoms with Crippen LogP contribution in [-0.4, -0.2) is 78.5 Å². The Morgan fingerprint density at radius 2 is 1.92 bits per heavy atom. The molecule has 0 aromatic carbocycles. The number of carbonyl (C=O) groups excluding carboxylic acids is 2. The zero-order chi connectivity index (χ0) is 16.7. The molecule has 4 saturated heterocycles. The maximum Gasteiger partial charge on any atom is 0.317 e. The van der Waals surface area contributed by atoms with Crippen LogP contribution in [-0.2, 0) is 4.79 Å². The van der Waals surface area contributed by atoms with E-state index in [4.69, 9.17) is 0 Å². The van der Waals surface area contributed by atoms with E-state index in [-0.39, 0.29) is 6.03 Å². The number of nitrogens with one attached hydrogen (secondary N) is 1. The van der Waals surface area contributed by atoms with Gasteiger partial charge in [-0.15, -0.1) is 0 Å². The third-order valence-electron chi connectivity index (χ3n) is 6.69. The summed E-state index contributed by atoms with van der Waals surface area (Å²) < 4.78 is 0. The van der Waals surface area contributed by atoms with Crippen LogP contribution in [0.25, 0.3) is 0 Å². The molecule has 2 unspecified atom stereocenters. The number of urea groups is 1. The zero-order valence-corrected chi connectivity index (χ0v) is 14.7. The summed E-state index contributed by atoms with van der Waals surface area (Å²) in [7, 11) is 1.71. The predicted molar refractivity (Wildman–Crippen MR) is 91.6 cm³/mol. The van der Waals surface area contributed by atoms with E-state index in [1.807, 2.05) is 4.90 Å². The smallest absolute Gasteiger partial charge is 0.317 e. The summed E-state index contributed by atoms with van der Waals surface area (Å²) in [5, 5.41) is 2.73. The van der Waals surface area contributed by atoms with E-state index in [0.717, 1.165) is 58.4 Å². The first kappa shape index (κ1) is 16.2. The van der Waals surface area contributed by atoms with Crippen molar-refractivity contribution in [2.45, 2.75) is 50.6 Å². The zero-order valence-electron chi connectivity index (χ0n) is 14.7. The van der Waals surface area contributed by atoms with E-state index in [1.165, 1.54) is 12.8 Å². The second kappa shape index (κ2) is 6.54. The molecule has 3 amide bonds. The number of nitrogens with zero attached hydrogens (tertiary/aromatic N) is 3. The highest BCUT2D eigenvalue weighted by Gasteiger charge is 2.45. The van der Waals surface area contributed by atoms with Crippen LogP contribution < -0.4 is 5.32 Å². The fourth-order valence-corrected chi connectivity index (χ4v) is 5.54. The third-order valence-corrected chi connectivity index (χ3v) is 6.69. The summed E-state index contributed by atoms with van der Waals surface area (Å²) in [4.78, 5) is 30.8. The fraction of sp³-hybridized carbons (Fsp3) is 0.889. The van der Waals surface area contributed by atoms with E-state index in [1.54, 1.807) is 7.05 Å². The van der Waals surface area contributed by atoms with Crippen LogP contribution in [0.2, 0.25) is 0 Å². The first-order valence-electron chi connectivity index (χ1n) is 9.66. The van der Waals surface area contributed by atoms with E-state index in [2.05, 4.69) is 15.1 Å². The van der Waals surface area contributed by atoms with Crippen molar-refractivity contribution < 1.29 is 9.59 Å². The molecule has 6 nitrogen and oxygen atoms in total. The van der Waals surface area contributed by atoms with Crippen molar-refractivity contribution in [1.29, 1.82) is 0 Å². The van der Waals surface area contributed by atoms with Gasteiger partial charge in [0.15, 0.2) is 0 Å². The molecule has 4 aliphatic heterocycles. The van der Waals surface area contributed by atoms with Crippen LogP contribution in [0.5, 0.6) is 0 Å². The summed E-state index contributed by atoms with van der Waals surface area (Å²) in [6.07, 6.45) is 6.51. The number of piperidine rings is 4. The van der Waals surface area contributed by atoms with Crippen molar-refractivity contribution in [3.8, 4) is 0 Å². The summed E-state index contributed by atoms with van der Waals surface area (Å²) >= 11 is 0. The van der Waals surface area contributed by atoms with Crippen molar-refractivity contribution in [3.05, 3.63) is 0 Å². The second-order valence-corrected chi connectivity index (χ2v) is 8.09. The highest BCUT2D eigenvalue weighted by atomic mass is 16.2. The molecule has 3 atom stereocenters. The highest BCUT2D eigenvalue weighted by molar-refractivity contribution is 5.77. The van der Waals surface area contributed by atoms with Gasteiger partial charge in [0.2, 0.25) is 5.91 Å². The molecule has 4 aliphatic rings. The Hall–Kier alpha value is -1.30. The molecule has 0 aliphatic carbocycles. The van der Waals surface area contributed by atoms with Gasteiger partial charge in [-0.25, -0.2) is 4.79 Å². The number of hydrogen-bond donors (Lipinski definition) is 1. The molecule has 4 heterocycles. The number of likely N-dealkylation sites (tertiary alicyclic amines) is 2. The number of rotatable bonds is 1. The Kier molecular flexibility index (Phi) is 4.41. The minimum Gasteiger partial charge on any atom is -0.341 e.